The first-order valence-electron chi connectivity index (χ1n) is 6.08. The Morgan fingerprint density at radius 3 is 2.68 bits per heavy atom. The topological polar surface area (TPSA) is 87.6 Å². The van der Waals surface area contributed by atoms with Gasteiger partial charge in [0, 0.05) is 25.0 Å². The predicted molar refractivity (Wildman–Crippen MR) is 68.9 cm³/mol. The van der Waals surface area contributed by atoms with Crippen molar-refractivity contribution >= 4 is 16.0 Å². The fraction of sp³-hybridized carbons (Fsp3) is 0.500. The van der Waals surface area contributed by atoms with E-state index >= 15 is 0 Å². The second-order valence-corrected chi connectivity index (χ2v) is 6.78. The number of aliphatic carboxylic acids is 1. The molecule has 2 rings (SSSR count). The van der Waals surface area contributed by atoms with E-state index in [2.05, 4.69) is 4.98 Å². The summed E-state index contributed by atoms with van der Waals surface area (Å²) in [5.41, 5.74) is 0.855. The standard InChI is InChI=1S/C12H16N2O4S/c1-9(12(15)16)19(17,18)14-8-2-3-11(14)10-4-6-13-7-5-10/h4-7,9,11H,2-3,8H2,1H3,(H,15,16). The van der Waals surface area contributed by atoms with Gasteiger partial charge in [0.1, 0.15) is 0 Å². The van der Waals surface area contributed by atoms with Crippen LogP contribution >= 0.6 is 0 Å². The van der Waals surface area contributed by atoms with Crippen molar-refractivity contribution in [3.63, 3.8) is 0 Å². The Hall–Kier alpha value is -1.47. The van der Waals surface area contributed by atoms with Crippen molar-refractivity contribution in [3.05, 3.63) is 30.1 Å². The number of carbonyl (C=O) groups is 1. The van der Waals surface area contributed by atoms with Gasteiger partial charge in [-0.15, -0.1) is 0 Å². The molecule has 2 heterocycles. The van der Waals surface area contributed by atoms with Crippen LogP contribution in [0.2, 0.25) is 0 Å². The molecule has 0 aliphatic carbocycles. The molecule has 2 unspecified atom stereocenters. The van der Waals surface area contributed by atoms with Crippen LogP contribution in [-0.2, 0) is 14.8 Å². The molecule has 2 atom stereocenters. The van der Waals surface area contributed by atoms with Gasteiger partial charge >= 0.3 is 5.97 Å². The molecule has 0 aromatic carbocycles. The molecule has 1 aromatic rings. The van der Waals surface area contributed by atoms with Crippen molar-refractivity contribution in [1.82, 2.24) is 9.29 Å². The van der Waals surface area contributed by atoms with Gasteiger partial charge in [-0.05, 0) is 37.5 Å². The number of hydrogen-bond acceptors (Lipinski definition) is 4. The Morgan fingerprint density at radius 1 is 1.47 bits per heavy atom. The van der Waals surface area contributed by atoms with Crippen molar-refractivity contribution in [3.8, 4) is 0 Å². The largest absolute Gasteiger partial charge is 0.480 e. The highest BCUT2D eigenvalue weighted by Gasteiger charge is 2.40. The molecule has 1 aromatic heterocycles. The third-order valence-corrected chi connectivity index (χ3v) is 5.60. The van der Waals surface area contributed by atoms with E-state index in [0.29, 0.717) is 13.0 Å². The Bertz CT molecular complexity index is 558. The minimum atomic E-state index is -3.82. The molecule has 19 heavy (non-hydrogen) atoms. The molecule has 104 valence electrons. The second kappa shape index (κ2) is 5.26. The zero-order valence-electron chi connectivity index (χ0n) is 10.6. The molecule has 0 radical (unpaired) electrons. The number of hydrogen-bond donors (Lipinski definition) is 1. The summed E-state index contributed by atoms with van der Waals surface area (Å²) >= 11 is 0. The first kappa shape index (κ1) is 14.0. The van der Waals surface area contributed by atoms with E-state index in [9.17, 15) is 13.2 Å². The van der Waals surface area contributed by atoms with Gasteiger partial charge in [0.15, 0.2) is 5.25 Å². The van der Waals surface area contributed by atoms with Crippen LogP contribution in [0.15, 0.2) is 24.5 Å². The maximum atomic E-state index is 12.3. The average Bonchev–Trinajstić information content (AvgIpc) is 2.88. The van der Waals surface area contributed by atoms with Crippen LogP contribution in [0.1, 0.15) is 31.4 Å². The van der Waals surface area contributed by atoms with Crippen LogP contribution in [0.4, 0.5) is 0 Å². The number of carboxylic acid groups (broad SMARTS) is 1. The summed E-state index contributed by atoms with van der Waals surface area (Å²) in [5.74, 6) is -1.32. The lowest BCUT2D eigenvalue weighted by Crippen LogP contribution is -2.40. The minimum absolute atomic E-state index is 0.283. The average molecular weight is 284 g/mol. The number of carboxylic acids is 1. The smallest absolute Gasteiger partial charge is 0.323 e. The second-order valence-electron chi connectivity index (χ2n) is 4.57. The van der Waals surface area contributed by atoms with Crippen molar-refractivity contribution in [2.45, 2.75) is 31.1 Å². The highest BCUT2D eigenvalue weighted by Crippen LogP contribution is 2.35. The molecule has 0 saturated carbocycles. The zero-order chi connectivity index (χ0) is 14.0. The summed E-state index contributed by atoms with van der Waals surface area (Å²) in [6.45, 7) is 1.58. The maximum Gasteiger partial charge on any atom is 0.323 e. The van der Waals surface area contributed by atoms with Gasteiger partial charge in [-0.3, -0.25) is 9.78 Å². The van der Waals surface area contributed by atoms with Gasteiger partial charge in [-0.1, -0.05) is 0 Å². The molecule has 1 N–H and O–H groups in total. The van der Waals surface area contributed by atoms with E-state index < -0.39 is 21.2 Å². The SMILES string of the molecule is CC(C(=O)O)S(=O)(=O)N1CCCC1c1ccncc1. The molecule has 0 spiro atoms. The van der Waals surface area contributed by atoms with Crippen LogP contribution in [0, 0.1) is 0 Å². The Morgan fingerprint density at radius 2 is 2.11 bits per heavy atom. The van der Waals surface area contributed by atoms with Gasteiger partial charge in [-0.2, -0.15) is 4.31 Å². The summed E-state index contributed by atoms with van der Waals surface area (Å²) in [5, 5.41) is 7.50. The highest BCUT2D eigenvalue weighted by molar-refractivity contribution is 7.90. The lowest BCUT2D eigenvalue weighted by molar-refractivity contribution is -0.136. The van der Waals surface area contributed by atoms with Gasteiger partial charge < -0.3 is 5.11 Å². The quantitative estimate of drug-likeness (QED) is 0.892. The third-order valence-electron chi connectivity index (χ3n) is 3.42. The van der Waals surface area contributed by atoms with Crippen LogP contribution in [-0.4, -0.2) is 40.6 Å². The monoisotopic (exact) mass is 284 g/mol. The Kier molecular flexibility index (Phi) is 3.86. The fourth-order valence-electron chi connectivity index (χ4n) is 2.29. The molecular weight excluding hydrogens is 268 g/mol. The van der Waals surface area contributed by atoms with Gasteiger partial charge in [0.05, 0.1) is 0 Å². The van der Waals surface area contributed by atoms with Crippen molar-refractivity contribution < 1.29 is 18.3 Å². The maximum absolute atomic E-state index is 12.3. The molecule has 1 saturated heterocycles. The summed E-state index contributed by atoms with van der Waals surface area (Å²) in [4.78, 5) is 14.8. The number of rotatable bonds is 4. The number of sulfonamides is 1. The first-order valence-corrected chi connectivity index (χ1v) is 7.58. The zero-order valence-corrected chi connectivity index (χ0v) is 11.4. The highest BCUT2D eigenvalue weighted by atomic mass is 32.2. The van der Waals surface area contributed by atoms with E-state index in [1.165, 1.54) is 11.2 Å². The molecule has 1 fully saturated rings. The number of nitrogens with zero attached hydrogens (tertiary/aromatic N) is 2. The lowest BCUT2D eigenvalue weighted by Gasteiger charge is -2.26. The fourth-order valence-corrected chi connectivity index (χ4v) is 3.92. The van der Waals surface area contributed by atoms with Gasteiger partial charge in [-0.25, -0.2) is 8.42 Å². The summed E-state index contributed by atoms with van der Waals surface area (Å²) in [6, 6.07) is 3.25. The van der Waals surface area contributed by atoms with E-state index in [4.69, 9.17) is 5.11 Å². The van der Waals surface area contributed by atoms with Crippen molar-refractivity contribution in [2.24, 2.45) is 0 Å². The molecule has 0 bridgehead atoms. The normalized spacial score (nSPS) is 22.3. The summed E-state index contributed by atoms with van der Waals surface area (Å²) in [7, 11) is -3.82. The van der Waals surface area contributed by atoms with Crippen LogP contribution < -0.4 is 0 Å². The molecule has 1 aliphatic rings. The van der Waals surface area contributed by atoms with E-state index in [-0.39, 0.29) is 6.04 Å². The number of pyridine rings is 1. The predicted octanol–water partition coefficient (Wildman–Crippen LogP) is 1.02. The van der Waals surface area contributed by atoms with Gasteiger partial charge in [0.2, 0.25) is 10.0 Å². The Labute approximate surface area is 112 Å². The van der Waals surface area contributed by atoms with E-state index in [1.807, 2.05) is 0 Å². The van der Waals surface area contributed by atoms with Crippen molar-refractivity contribution in [2.75, 3.05) is 6.54 Å². The molecule has 6 nitrogen and oxygen atoms in total. The van der Waals surface area contributed by atoms with E-state index in [0.717, 1.165) is 12.0 Å². The minimum Gasteiger partial charge on any atom is -0.480 e. The Balaban J connectivity index is 2.32. The molecule has 1 aliphatic heterocycles. The van der Waals surface area contributed by atoms with Crippen molar-refractivity contribution in [1.29, 1.82) is 0 Å². The molecular formula is C12H16N2O4S. The molecule has 7 heteroatoms. The van der Waals surface area contributed by atoms with E-state index in [1.54, 1.807) is 24.5 Å². The summed E-state index contributed by atoms with van der Waals surface area (Å²) < 4.78 is 25.9. The summed E-state index contributed by atoms with van der Waals surface area (Å²) in [6.07, 6.45) is 4.66. The molecule has 0 amide bonds. The van der Waals surface area contributed by atoms with Crippen LogP contribution in [0.3, 0.4) is 0 Å². The lowest BCUT2D eigenvalue weighted by atomic mass is 10.1. The van der Waals surface area contributed by atoms with Crippen LogP contribution in [0.25, 0.3) is 0 Å². The van der Waals surface area contributed by atoms with Crippen LogP contribution in [0.5, 0.6) is 0 Å². The van der Waals surface area contributed by atoms with Gasteiger partial charge in [0.25, 0.3) is 0 Å². The first-order chi connectivity index (χ1) is 8.94. The number of aromatic nitrogens is 1. The third kappa shape index (κ3) is 2.62.